The van der Waals surface area contributed by atoms with Crippen molar-refractivity contribution in [3.8, 4) is 0 Å². The summed E-state index contributed by atoms with van der Waals surface area (Å²) in [5, 5.41) is 3.98. The zero-order valence-electron chi connectivity index (χ0n) is 9.50. The van der Waals surface area contributed by atoms with Gasteiger partial charge in [0.2, 0.25) is 0 Å². The third-order valence-corrected chi connectivity index (χ3v) is 2.88. The number of nitrogens with one attached hydrogen (secondary N) is 1. The fraction of sp³-hybridized carbons (Fsp3) is 0.143. The molecule has 17 heavy (non-hydrogen) atoms. The lowest BCUT2D eigenvalue weighted by Gasteiger charge is -2.09. The minimum absolute atomic E-state index is 0.197. The highest BCUT2D eigenvalue weighted by Crippen LogP contribution is 2.16. The topological polar surface area (TPSA) is 12.0 Å². The van der Waals surface area contributed by atoms with Crippen LogP contribution in [0, 0.1) is 12.7 Å². The molecule has 2 aromatic carbocycles. The van der Waals surface area contributed by atoms with E-state index in [1.807, 2.05) is 31.2 Å². The Kier molecular flexibility index (Phi) is 3.64. The molecule has 88 valence electrons. The SMILES string of the molecule is Cc1cc(F)ccc1CNc1ccc(Cl)cc1. The molecule has 2 aromatic rings. The van der Waals surface area contributed by atoms with Crippen molar-refractivity contribution in [3.05, 3.63) is 64.4 Å². The Morgan fingerprint density at radius 1 is 1.12 bits per heavy atom. The monoisotopic (exact) mass is 249 g/mol. The molecule has 2 rings (SSSR count). The van der Waals surface area contributed by atoms with Gasteiger partial charge in [-0.05, 0) is 54.4 Å². The van der Waals surface area contributed by atoms with Gasteiger partial charge in [-0.15, -0.1) is 0 Å². The highest BCUT2D eigenvalue weighted by Gasteiger charge is 2.00. The van der Waals surface area contributed by atoms with E-state index in [4.69, 9.17) is 11.6 Å². The van der Waals surface area contributed by atoms with Crippen LogP contribution in [0.2, 0.25) is 5.02 Å². The summed E-state index contributed by atoms with van der Waals surface area (Å²) in [5.41, 5.74) is 3.03. The van der Waals surface area contributed by atoms with Crippen LogP contribution in [0.5, 0.6) is 0 Å². The van der Waals surface area contributed by atoms with E-state index in [0.717, 1.165) is 16.8 Å². The smallest absolute Gasteiger partial charge is 0.123 e. The van der Waals surface area contributed by atoms with E-state index in [1.54, 1.807) is 12.1 Å². The first-order valence-corrected chi connectivity index (χ1v) is 5.77. The third-order valence-electron chi connectivity index (χ3n) is 2.63. The van der Waals surface area contributed by atoms with Crippen molar-refractivity contribution in [3.63, 3.8) is 0 Å². The van der Waals surface area contributed by atoms with Crippen LogP contribution in [0.25, 0.3) is 0 Å². The van der Waals surface area contributed by atoms with Crippen molar-refractivity contribution in [2.24, 2.45) is 0 Å². The van der Waals surface area contributed by atoms with Crippen LogP contribution in [0.4, 0.5) is 10.1 Å². The highest BCUT2D eigenvalue weighted by molar-refractivity contribution is 6.30. The van der Waals surface area contributed by atoms with Gasteiger partial charge in [0.25, 0.3) is 0 Å². The molecule has 0 fully saturated rings. The third kappa shape index (κ3) is 3.21. The number of hydrogen-bond acceptors (Lipinski definition) is 1. The van der Waals surface area contributed by atoms with Crippen molar-refractivity contribution in [1.29, 1.82) is 0 Å². The Morgan fingerprint density at radius 2 is 1.82 bits per heavy atom. The minimum atomic E-state index is -0.197. The van der Waals surface area contributed by atoms with Crippen molar-refractivity contribution < 1.29 is 4.39 Å². The largest absolute Gasteiger partial charge is 0.381 e. The van der Waals surface area contributed by atoms with Crippen LogP contribution < -0.4 is 5.32 Å². The standard InChI is InChI=1S/C14H13ClFN/c1-10-8-13(16)5-2-11(10)9-17-14-6-3-12(15)4-7-14/h2-8,17H,9H2,1H3. The predicted octanol–water partition coefficient (Wildman–Crippen LogP) is 4.40. The molecule has 0 atom stereocenters. The average Bonchev–Trinajstić information content (AvgIpc) is 2.30. The molecule has 0 aliphatic rings. The molecule has 0 spiro atoms. The highest BCUT2D eigenvalue weighted by atomic mass is 35.5. The number of anilines is 1. The molecule has 0 saturated heterocycles. The lowest BCUT2D eigenvalue weighted by Crippen LogP contribution is -2.01. The molecule has 1 nitrogen and oxygen atoms in total. The Bertz CT molecular complexity index is 508. The Labute approximate surface area is 105 Å². The summed E-state index contributed by atoms with van der Waals surface area (Å²) in [6.45, 7) is 2.58. The van der Waals surface area contributed by atoms with E-state index >= 15 is 0 Å². The molecule has 1 N–H and O–H groups in total. The number of aryl methyl sites for hydroxylation is 1. The van der Waals surface area contributed by atoms with Crippen molar-refractivity contribution in [2.45, 2.75) is 13.5 Å². The second-order valence-corrected chi connectivity index (χ2v) is 4.37. The predicted molar refractivity (Wildman–Crippen MR) is 69.9 cm³/mol. The van der Waals surface area contributed by atoms with Crippen molar-refractivity contribution >= 4 is 17.3 Å². The summed E-state index contributed by atoms with van der Waals surface area (Å²) < 4.78 is 12.9. The van der Waals surface area contributed by atoms with Gasteiger partial charge in [0.05, 0.1) is 0 Å². The molecular weight excluding hydrogens is 237 g/mol. The molecule has 0 saturated carbocycles. The van der Waals surface area contributed by atoms with Gasteiger partial charge in [-0.1, -0.05) is 17.7 Å². The van der Waals surface area contributed by atoms with Crippen LogP contribution in [0.15, 0.2) is 42.5 Å². The van der Waals surface area contributed by atoms with Crippen molar-refractivity contribution in [1.82, 2.24) is 0 Å². The van der Waals surface area contributed by atoms with Crippen molar-refractivity contribution in [2.75, 3.05) is 5.32 Å². The summed E-state index contributed by atoms with van der Waals surface area (Å²) in [7, 11) is 0. The molecule has 0 aromatic heterocycles. The van der Waals surface area contributed by atoms with E-state index in [9.17, 15) is 4.39 Å². The van der Waals surface area contributed by atoms with Crippen LogP contribution in [-0.2, 0) is 6.54 Å². The van der Waals surface area contributed by atoms with Gasteiger partial charge < -0.3 is 5.32 Å². The van der Waals surface area contributed by atoms with Gasteiger partial charge in [0, 0.05) is 17.3 Å². The van der Waals surface area contributed by atoms with Gasteiger partial charge in [0.15, 0.2) is 0 Å². The lowest BCUT2D eigenvalue weighted by atomic mass is 10.1. The summed E-state index contributed by atoms with van der Waals surface area (Å²) in [6, 6.07) is 12.3. The molecule has 3 heteroatoms. The van der Waals surface area contributed by atoms with Crippen LogP contribution >= 0.6 is 11.6 Å². The average molecular weight is 250 g/mol. The summed E-state index contributed by atoms with van der Waals surface area (Å²) in [5.74, 6) is -0.197. The Balaban J connectivity index is 2.04. The molecule has 0 aliphatic carbocycles. The fourth-order valence-electron chi connectivity index (χ4n) is 1.62. The van der Waals surface area contributed by atoms with E-state index in [0.29, 0.717) is 11.6 Å². The van der Waals surface area contributed by atoms with E-state index in [1.165, 1.54) is 6.07 Å². The van der Waals surface area contributed by atoms with Gasteiger partial charge in [-0.3, -0.25) is 0 Å². The number of hydrogen-bond donors (Lipinski definition) is 1. The fourth-order valence-corrected chi connectivity index (χ4v) is 1.75. The first-order valence-electron chi connectivity index (χ1n) is 5.39. The maximum atomic E-state index is 12.9. The van der Waals surface area contributed by atoms with E-state index in [-0.39, 0.29) is 5.82 Å². The van der Waals surface area contributed by atoms with Gasteiger partial charge in [0.1, 0.15) is 5.82 Å². The maximum Gasteiger partial charge on any atom is 0.123 e. The molecular formula is C14H13ClFN. The zero-order valence-corrected chi connectivity index (χ0v) is 10.3. The van der Waals surface area contributed by atoms with Gasteiger partial charge in [-0.2, -0.15) is 0 Å². The van der Waals surface area contributed by atoms with Crippen LogP contribution in [0.3, 0.4) is 0 Å². The maximum absolute atomic E-state index is 12.9. The molecule has 0 aliphatic heterocycles. The van der Waals surface area contributed by atoms with Gasteiger partial charge in [-0.25, -0.2) is 4.39 Å². The Hall–Kier alpha value is -1.54. The van der Waals surface area contributed by atoms with Crippen LogP contribution in [-0.4, -0.2) is 0 Å². The number of benzene rings is 2. The molecule has 0 bridgehead atoms. The molecule has 0 radical (unpaired) electrons. The first-order chi connectivity index (χ1) is 8.15. The lowest BCUT2D eigenvalue weighted by molar-refractivity contribution is 0.625. The quantitative estimate of drug-likeness (QED) is 0.850. The van der Waals surface area contributed by atoms with Gasteiger partial charge >= 0.3 is 0 Å². The Morgan fingerprint density at radius 3 is 2.47 bits per heavy atom. The second-order valence-electron chi connectivity index (χ2n) is 3.93. The summed E-state index contributed by atoms with van der Waals surface area (Å²) in [6.07, 6.45) is 0. The normalized spacial score (nSPS) is 10.3. The minimum Gasteiger partial charge on any atom is -0.381 e. The zero-order chi connectivity index (χ0) is 12.3. The summed E-state index contributed by atoms with van der Waals surface area (Å²) in [4.78, 5) is 0. The first kappa shape index (κ1) is 11.9. The van der Waals surface area contributed by atoms with E-state index < -0.39 is 0 Å². The van der Waals surface area contributed by atoms with Crippen LogP contribution in [0.1, 0.15) is 11.1 Å². The number of rotatable bonds is 3. The molecule has 0 amide bonds. The number of halogens is 2. The molecule has 0 unspecified atom stereocenters. The molecule has 0 heterocycles. The summed E-state index contributed by atoms with van der Waals surface area (Å²) >= 11 is 5.80. The second kappa shape index (κ2) is 5.19. The van der Waals surface area contributed by atoms with E-state index in [2.05, 4.69) is 5.32 Å².